The van der Waals surface area contributed by atoms with Crippen LogP contribution in [-0.2, 0) is 15.8 Å². The normalized spacial score (nSPS) is 12.9. The van der Waals surface area contributed by atoms with E-state index in [0.29, 0.717) is 0 Å². The van der Waals surface area contributed by atoms with Gasteiger partial charge in [0.15, 0.2) is 5.78 Å². The monoisotopic (exact) mass is 256 g/mol. The van der Waals surface area contributed by atoms with Gasteiger partial charge in [-0.15, -0.1) is 0 Å². The van der Waals surface area contributed by atoms with Crippen molar-refractivity contribution in [3.8, 4) is 0 Å². The first-order valence-electron chi connectivity index (χ1n) is 5.11. The number of Topliss-reactive ketones (excluding diaryl/α,β-unsaturated/α-hetero) is 1. The van der Waals surface area contributed by atoms with E-state index in [2.05, 4.69) is 6.58 Å². The van der Waals surface area contributed by atoms with Gasteiger partial charge in [0, 0.05) is 0 Å². The Balaban J connectivity index is 3.13. The van der Waals surface area contributed by atoms with Crippen molar-refractivity contribution in [1.82, 2.24) is 0 Å². The zero-order valence-corrected chi connectivity index (χ0v) is 9.62. The van der Waals surface area contributed by atoms with Crippen LogP contribution < -0.4 is 0 Å². The van der Waals surface area contributed by atoms with Crippen LogP contribution in [0, 0.1) is 0 Å². The van der Waals surface area contributed by atoms with Crippen LogP contribution in [0.25, 0.3) is 0 Å². The molecule has 0 aromatic heterocycles. The third-order valence-electron chi connectivity index (χ3n) is 2.46. The summed E-state index contributed by atoms with van der Waals surface area (Å²) in [7, 11) is 0. The van der Waals surface area contributed by atoms with Gasteiger partial charge in [0.25, 0.3) is 0 Å². The van der Waals surface area contributed by atoms with Crippen molar-refractivity contribution in [2.24, 2.45) is 0 Å². The number of alkyl halides is 3. The van der Waals surface area contributed by atoms with Crippen LogP contribution in [0.4, 0.5) is 13.2 Å². The number of hydrogen-bond donors (Lipinski definition) is 0. The minimum absolute atomic E-state index is 0.236. The largest absolute Gasteiger partial charge is 0.416 e. The molecule has 18 heavy (non-hydrogen) atoms. The summed E-state index contributed by atoms with van der Waals surface area (Å²) >= 11 is 0. The Bertz CT molecular complexity index is 472. The quantitative estimate of drug-likeness (QED) is 0.612. The van der Waals surface area contributed by atoms with Crippen molar-refractivity contribution in [3.63, 3.8) is 0 Å². The molecular weight excluding hydrogens is 245 g/mol. The molecule has 1 rings (SSSR count). The molecule has 0 N–H and O–H groups in total. The maximum atomic E-state index is 12.4. The van der Waals surface area contributed by atoms with Gasteiger partial charge in [-0.05, 0) is 30.7 Å². The van der Waals surface area contributed by atoms with E-state index >= 15 is 0 Å². The van der Waals surface area contributed by atoms with Gasteiger partial charge in [0.05, 0.1) is 5.56 Å². The lowest BCUT2D eigenvalue weighted by atomic mass is 9.90. The molecule has 96 valence electrons. The summed E-state index contributed by atoms with van der Waals surface area (Å²) in [5.74, 6) is -2.04. The number of benzene rings is 1. The molecule has 1 atom stereocenters. The fourth-order valence-corrected chi connectivity index (χ4v) is 1.58. The second kappa shape index (κ2) is 5.16. The molecule has 1 aromatic carbocycles. The van der Waals surface area contributed by atoms with Gasteiger partial charge in [-0.1, -0.05) is 18.7 Å². The van der Waals surface area contributed by atoms with Crippen LogP contribution in [0.1, 0.15) is 24.0 Å². The molecule has 0 bridgehead atoms. The van der Waals surface area contributed by atoms with Crippen molar-refractivity contribution >= 4 is 11.6 Å². The van der Waals surface area contributed by atoms with E-state index in [1.54, 1.807) is 0 Å². The van der Waals surface area contributed by atoms with Gasteiger partial charge >= 0.3 is 6.18 Å². The van der Waals surface area contributed by atoms with Crippen LogP contribution in [0.15, 0.2) is 36.9 Å². The molecule has 0 aliphatic carbocycles. The van der Waals surface area contributed by atoms with Crippen LogP contribution in [0.3, 0.4) is 0 Å². The average Bonchev–Trinajstić information content (AvgIpc) is 2.28. The lowest BCUT2D eigenvalue weighted by Crippen LogP contribution is -2.18. The SMILES string of the molecule is C=CC(=O)C(C(C)=O)c1ccc(C(F)(F)F)cc1. The number of ketones is 2. The Morgan fingerprint density at radius 1 is 1.22 bits per heavy atom. The molecule has 0 spiro atoms. The highest BCUT2D eigenvalue weighted by Gasteiger charge is 2.31. The molecule has 0 saturated carbocycles. The number of carbonyl (C=O) groups is 2. The molecule has 0 amide bonds. The molecule has 1 unspecified atom stereocenters. The Morgan fingerprint density at radius 3 is 2.06 bits per heavy atom. The summed E-state index contributed by atoms with van der Waals surface area (Å²) < 4.78 is 37.1. The number of halogens is 3. The summed E-state index contributed by atoms with van der Waals surface area (Å²) in [5, 5.41) is 0. The van der Waals surface area contributed by atoms with Crippen LogP contribution in [-0.4, -0.2) is 11.6 Å². The molecule has 0 radical (unpaired) electrons. The van der Waals surface area contributed by atoms with E-state index in [1.807, 2.05) is 0 Å². The summed E-state index contributed by atoms with van der Waals surface area (Å²) in [5.41, 5.74) is -0.583. The number of carbonyl (C=O) groups excluding carboxylic acids is 2. The molecule has 0 aliphatic rings. The molecule has 2 nitrogen and oxygen atoms in total. The van der Waals surface area contributed by atoms with Crippen molar-refractivity contribution in [2.75, 3.05) is 0 Å². The standard InChI is InChI=1S/C13H11F3O2/c1-3-11(18)12(8(2)17)9-4-6-10(7-5-9)13(14,15)16/h3-7,12H,1H2,2H3. The van der Waals surface area contributed by atoms with E-state index in [4.69, 9.17) is 0 Å². The van der Waals surface area contributed by atoms with E-state index in [1.165, 1.54) is 6.92 Å². The number of allylic oxidation sites excluding steroid dienone is 1. The lowest BCUT2D eigenvalue weighted by molar-refractivity contribution is -0.137. The summed E-state index contributed by atoms with van der Waals surface area (Å²) in [6.07, 6.45) is -3.45. The zero-order valence-electron chi connectivity index (χ0n) is 9.62. The summed E-state index contributed by atoms with van der Waals surface area (Å²) in [6.45, 7) is 4.48. The smallest absolute Gasteiger partial charge is 0.299 e. The molecule has 0 saturated heterocycles. The predicted octanol–water partition coefficient (Wildman–Crippen LogP) is 3.13. The van der Waals surface area contributed by atoms with Crippen molar-refractivity contribution in [3.05, 3.63) is 48.0 Å². The highest BCUT2D eigenvalue weighted by Crippen LogP contribution is 2.30. The van der Waals surface area contributed by atoms with E-state index in [0.717, 1.165) is 30.3 Å². The molecule has 5 heteroatoms. The Labute approximate surface area is 102 Å². The fraction of sp³-hybridized carbons (Fsp3) is 0.231. The van der Waals surface area contributed by atoms with Crippen molar-refractivity contribution in [2.45, 2.75) is 19.0 Å². The third-order valence-corrected chi connectivity index (χ3v) is 2.46. The Hall–Kier alpha value is -1.91. The van der Waals surface area contributed by atoms with E-state index < -0.39 is 29.2 Å². The molecule has 0 heterocycles. The fourth-order valence-electron chi connectivity index (χ4n) is 1.58. The van der Waals surface area contributed by atoms with Crippen LogP contribution >= 0.6 is 0 Å². The highest BCUT2D eigenvalue weighted by molar-refractivity contribution is 6.11. The van der Waals surface area contributed by atoms with Crippen LogP contribution in [0.5, 0.6) is 0 Å². The van der Waals surface area contributed by atoms with Gasteiger partial charge in [-0.2, -0.15) is 13.2 Å². The van der Waals surface area contributed by atoms with Gasteiger partial charge in [-0.25, -0.2) is 0 Å². The Kier molecular flexibility index (Phi) is 4.06. The Morgan fingerprint density at radius 2 is 1.72 bits per heavy atom. The zero-order chi connectivity index (χ0) is 13.9. The maximum absolute atomic E-state index is 12.4. The number of rotatable bonds is 4. The van der Waals surface area contributed by atoms with Gasteiger partial charge in [-0.3, -0.25) is 9.59 Å². The van der Waals surface area contributed by atoms with Gasteiger partial charge in [0.2, 0.25) is 0 Å². The first-order chi connectivity index (χ1) is 8.27. The molecule has 0 fully saturated rings. The summed E-state index contributed by atoms with van der Waals surface area (Å²) in [4.78, 5) is 22.8. The topological polar surface area (TPSA) is 34.1 Å². The predicted molar refractivity (Wildman–Crippen MR) is 60.1 cm³/mol. The third kappa shape index (κ3) is 3.06. The maximum Gasteiger partial charge on any atom is 0.416 e. The van der Waals surface area contributed by atoms with E-state index in [9.17, 15) is 22.8 Å². The van der Waals surface area contributed by atoms with E-state index in [-0.39, 0.29) is 5.56 Å². The van der Waals surface area contributed by atoms with Gasteiger partial charge < -0.3 is 0 Å². The highest BCUT2D eigenvalue weighted by atomic mass is 19.4. The molecule has 1 aromatic rings. The second-order valence-corrected chi connectivity index (χ2v) is 3.77. The first kappa shape index (κ1) is 14.2. The lowest BCUT2D eigenvalue weighted by Gasteiger charge is -2.12. The van der Waals surface area contributed by atoms with Crippen molar-refractivity contribution < 1.29 is 22.8 Å². The number of hydrogen-bond acceptors (Lipinski definition) is 2. The first-order valence-corrected chi connectivity index (χ1v) is 5.11. The van der Waals surface area contributed by atoms with Crippen LogP contribution in [0.2, 0.25) is 0 Å². The average molecular weight is 256 g/mol. The molecule has 0 aliphatic heterocycles. The second-order valence-electron chi connectivity index (χ2n) is 3.77. The van der Waals surface area contributed by atoms with Gasteiger partial charge in [0.1, 0.15) is 11.7 Å². The van der Waals surface area contributed by atoms with Crippen molar-refractivity contribution in [1.29, 1.82) is 0 Å². The summed E-state index contributed by atoms with van der Waals surface area (Å²) in [6, 6.07) is 3.97. The molecular formula is C13H11F3O2. The minimum Gasteiger partial charge on any atom is -0.299 e. The minimum atomic E-state index is -4.44.